The first kappa shape index (κ1) is 18.3. The van der Waals surface area contributed by atoms with Crippen molar-refractivity contribution >= 4 is 33.5 Å². The number of nitrogens with one attached hydrogen (secondary N) is 1. The van der Waals surface area contributed by atoms with Gasteiger partial charge in [0.1, 0.15) is 10.8 Å². The van der Waals surface area contributed by atoms with Gasteiger partial charge in [-0.05, 0) is 26.5 Å². The summed E-state index contributed by atoms with van der Waals surface area (Å²) in [5.41, 5.74) is 1.80. The number of likely N-dealkylation sites (N-methyl/N-ethyl adjacent to an activating group) is 1. The van der Waals surface area contributed by atoms with Gasteiger partial charge in [-0.3, -0.25) is 4.90 Å². The van der Waals surface area contributed by atoms with Crippen LogP contribution in [0.5, 0.6) is 0 Å². The number of halogens is 2. The largest absolute Gasteiger partial charge is 0.396 e. The van der Waals surface area contributed by atoms with Crippen molar-refractivity contribution in [1.29, 1.82) is 0 Å². The molecule has 27 heavy (non-hydrogen) atoms. The Labute approximate surface area is 160 Å². The molecule has 0 radical (unpaired) electrons. The van der Waals surface area contributed by atoms with Crippen LogP contribution in [0, 0.1) is 18.6 Å². The maximum atomic E-state index is 13.8. The van der Waals surface area contributed by atoms with Crippen molar-refractivity contribution in [3.8, 4) is 0 Å². The van der Waals surface area contributed by atoms with Gasteiger partial charge in [0.15, 0.2) is 11.6 Å². The average molecular weight is 392 g/mol. The zero-order chi connectivity index (χ0) is 19.1. The Morgan fingerprint density at radius 3 is 2.81 bits per heavy atom. The summed E-state index contributed by atoms with van der Waals surface area (Å²) in [6.07, 6.45) is 0.685. The molecule has 1 atom stereocenters. The topological polar surface area (TPSA) is 51.1 Å². The minimum Gasteiger partial charge on any atom is -0.396 e. The van der Waals surface area contributed by atoms with Crippen LogP contribution in [0.1, 0.15) is 16.9 Å². The van der Waals surface area contributed by atoms with E-state index < -0.39 is 11.6 Å². The number of thiophene rings is 1. The highest BCUT2D eigenvalue weighted by Gasteiger charge is 2.30. The molecule has 144 valence electrons. The Kier molecular flexibility index (Phi) is 4.88. The summed E-state index contributed by atoms with van der Waals surface area (Å²) in [4.78, 5) is 10.3. The van der Waals surface area contributed by atoms with Crippen molar-refractivity contribution in [2.24, 2.45) is 4.99 Å². The molecule has 1 unspecified atom stereocenters. The third kappa shape index (κ3) is 3.44. The van der Waals surface area contributed by atoms with Crippen LogP contribution in [0.25, 0.3) is 0 Å². The Morgan fingerprint density at radius 1 is 1.26 bits per heavy atom. The van der Waals surface area contributed by atoms with Gasteiger partial charge < -0.3 is 15.3 Å². The Hall–Kier alpha value is -2.03. The number of anilines is 2. The van der Waals surface area contributed by atoms with E-state index in [1.807, 2.05) is 6.92 Å². The molecule has 2 N–H and O–H groups in total. The molecule has 0 saturated carbocycles. The van der Waals surface area contributed by atoms with Crippen molar-refractivity contribution in [2.75, 3.05) is 38.6 Å². The van der Waals surface area contributed by atoms with Gasteiger partial charge in [0, 0.05) is 49.3 Å². The predicted molar refractivity (Wildman–Crippen MR) is 105 cm³/mol. The summed E-state index contributed by atoms with van der Waals surface area (Å²) < 4.78 is 27.6. The summed E-state index contributed by atoms with van der Waals surface area (Å²) >= 11 is 1.57. The number of aliphatic hydroxyl groups excluding tert-OH is 1. The van der Waals surface area contributed by atoms with Gasteiger partial charge in [0.25, 0.3) is 0 Å². The lowest BCUT2D eigenvalue weighted by molar-refractivity contribution is 0.115. The van der Waals surface area contributed by atoms with Crippen molar-refractivity contribution in [2.45, 2.75) is 19.4 Å². The number of aliphatic hydroxyl groups is 1. The number of hydrogen-bond acceptors (Lipinski definition) is 6. The molecule has 2 aliphatic rings. The van der Waals surface area contributed by atoms with E-state index in [0.717, 1.165) is 53.0 Å². The molecular formula is C19H22F2N4OS. The number of aryl methyl sites for hydroxylation is 1. The van der Waals surface area contributed by atoms with Crippen LogP contribution in [-0.2, 0) is 0 Å². The summed E-state index contributed by atoms with van der Waals surface area (Å²) in [5, 5.41) is 13.5. The smallest absolute Gasteiger partial charge is 0.161 e. The number of rotatable bonds is 2. The van der Waals surface area contributed by atoms with Crippen LogP contribution < -0.4 is 5.32 Å². The average Bonchev–Trinajstić information content (AvgIpc) is 2.92. The monoisotopic (exact) mass is 392 g/mol. The minimum atomic E-state index is -0.906. The Morgan fingerprint density at radius 2 is 2.04 bits per heavy atom. The highest BCUT2D eigenvalue weighted by molar-refractivity contribution is 7.16. The molecule has 0 aliphatic carbocycles. The molecule has 0 amide bonds. The van der Waals surface area contributed by atoms with Crippen molar-refractivity contribution in [3.05, 3.63) is 40.3 Å². The van der Waals surface area contributed by atoms with E-state index in [-0.39, 0.29) is 12.6 Å². The number of piperazine rings is 1. The Balaban J connectivity index is 1.78. The molecule has 1 saturated heterocycles. The van der Waals surface area contributed by atoms with Crippen LogP contribution in [0.15, 0.2) is 23.2 Å². The van der Waals surface area contributed by atoms with E-state index in [9.17, 15) is 13.9 Å². The fourth-order valence-electron chi connectivity index (χ4n) is 3.64. The molecule has 1 aromatic carbocycles. The molecule has 1 fully saturated rings. The first-order chi connectivity index (χ1) is 13.0. The fraction of sp³-hybridized carbons (Fsp3) is 0.421. The number of aliphatic imine (C=N–C) groups is 1. The van der Waals surface area contributed by atoms with E-state index >= 15 is 0 Å². The molecule has 5 nitrogen and oxygen atoms in total. The molecule has 4 rings (SSSR count). The number of nitrogens with zero attached hydrogens (tertiary/aromatic N) is 3. The maximum Gasteiger partial charge on any atom is 0.161 e. The second-order valence-electron chi connectivity index (χ2n) is 7.04. The lowest BCUT2D eigenvalue weighted by Crippen LogP contribution is -2.53. The molecule has 0 spiro atoms. The molecule has 8 heteroatoms. The van der Waals surface area contributed by atoms with Crippen molar-refractivity contribution in [3.63, 3.8) is 0 Å². The van der Waals surface area contributed by atoms with E-state index in [1.54, 1.807) is 11.3 Å². The number of amidine groups is 1. The quantitative estimate of drug-likeness (QED) is 0.822. The highest BCUT2D eigenvalue weighted by atomic mass is 32.1. The molecule has 2 aliphatic heterocycles. The molecule has 2 aromatic rings. The first-order valence-electron chi connectivity index (χ1n) is 8.98. The Bertz CT molecular complexity index is 898. The SMILES string of the molecule is Cc1cc2c(s1)Nc1cc(F)c(F)cc1N=C2N1CCN(C)C(CCO)C1. The van der Waals surface area contributed by atoms with Crippen LogP contribution in [0.3, 0.4) is 0 Å². The zero-order valence-corrected chi connectivity index (χ0v) is 16.1. The van der Waals surface area contributed by atoms with Crippen LogP contribution in [-0.4, -0.2) is 60.1 Å². The van der Waals surface area contributed by atoms with E-state index in [0.29, 0.717) is 17.8 Å². The summed E-state index contributed by atoms with van der Waals surface area (Å²) in [7, 11) is 2.06. The van der Waals surface area contributed by atoms with E-state index in [2.05, 4.69) is 28.2 Å². The van der Waals surface area contributed by atoms with E-state index in [1.165, 1.54) is 0 Å². The number of hydrogen-bond donors (Lipinski definition) is 2. The number of fused-ring (bicyclic) bond motifs is 2. The molecule has 0 bridgehead atoms. The van der Waals surface area contributed by atoms with Crippen molar-refractivity contribution < 1.29 is 13.9 Å². The van der Waals surface area contributed by atoms with Gasteiger partial charge in [-0.1, -0.05) is 0 Å². The third-order valence-electron chi connectivity index (χ3n) is 5.15. The molecular weight excluding hydrogens is 370 g/mol. The van der Waals surface area contributed by atoms with Gasteiger partial charge in [-0.2, -0.15) is 0 Å². The summed E-state index contributed by atoms with van der Waals surface area (Å²) in [6, 6.07) is 4.58. The van der Waals surface area contributed by atoms with Gasteiger partial charge in [-0.15, -0.1) is 11.3 Å². The molecule has 1 aromatic heterocycles. The summed E-state index contributed by atoms with van der Waals surface area (Å²) in [6.45, 7) is 4.50. The third-order valence-corrected chi connectivity index (χ3v) is 6.11. The lowest BCUT2D eigenvalue weighted by atomic mass is 10.1. The highest BCUT2D eigenvalue weighted by Crippen LogP contribution is 2.40. The maximum absolute atomic E-state index is 13.8. The lowest BCUT2D eigenvalue weighted by Gasteiger charge is -2.40. The van der Waals surface area contributed by atoms with Gasteiger partial charge in [0.05, 0.1) is 16.9 Å². The van der Waals surface area contributed by atoms with Gasteiger partial charge in [0.2, 0.25) is 0 Å². The van der Waals surface area contributed by atoms with Gasteiger partial charge in [-0.25, -0.2) is 13.8 Å². The first-order valence-corrected chi connectivity index (χ1v) is 9.79. The fourth-order valence-corrected chi connectivity index (χ4v) is 4.56. The van der Waals surface area contributed by atoms with Gasteiger partial charge >= 0.3 is 0 Å². The van der Waals surface area contributed by atoms with Crippen LogP contribution in [0.2, 0.25) is 0 Å². The summed E-state index contributed by atoms with van der Waals surface area (Å²) in [5.74, 6) is -1.03. The van der Waals surface area contributed by atoms with Crippen LogP contribution in [0.4, 0.5) is 25.2 Å². The van der Waals surface area contributed by atoms with Crippen LogP contribution >= 0.6 is 11.3 Å². The normalized spacial score (nSPS) is 19.8. The second-order valence-corrected chi connectivity index (χ2v) is 8.29. The zero-order valence-electron chi connectivity index (χ0n) is 15.3. The number of benzene rings is 1. The second kappa shape index (κ2) is 7.18. The molecule has 3 heterocycles. The minimum absolute atomic E-state index is 0.132. The van der Waals surface area contributed by atoms with E-state index in [4.69, 9.17) is 4.99 Å². The predicted octanol–water partition coefficient (Wildman–Crippen LogP) is 3.47. The standard InChI is InChI=1S/C19H22F2N4OS/c1-11-7-13-18(25-5-4-24(2)12(10-25)3-6-26)22-16-8-14(20)15(21)9-17(16)23-19(13)27-11/h7-9,12,23,26H,3-6,10H2,1-2H3. The van der Waals surface area contributed by atoms with Crippen molar-refractivity contribution in [1.82, 2.24) is 9.80 Å².